The van der Waals surface area contributed by atoms with Gasteiger partial charge in [-0.05, 0) is 36.2 Å². The van der Waals surface area contributed by atoms with Crippen LogP contribution >= 0.6 is 0 Å². The monoisotopic (exact) mass is 239 g/mol. The van der Waals surface area contributed by atoms with E-state index in [4.69, 9.17) is 0 Å². The van der Waals surface area contributed by atoms with Crippen molar-refractivity contribution in [3.8, 4) is 5.75 Å². The van der Waals surface area contributed by atoms with Crippen LogP contribution in [0.3, 0.4) is 0 Å². The van der Waals surface area contributed by atoms with Crippen molar-refractivity contribution >= 4 is 18.4 Å². The van der Waals surface area contributed by atoms with Gasteiger partial charge in [0, 0.05) is 11.9 Å². The molecular weight excluding hydrogens is 226 g/mol. The summed E-state index contributed by atoms with van der Waals surface area (Å²) in [5, 5.41) is 9.39. The Bertz CT molecular complexity index is 586. The SMILES string of the molecule is Cc1ccc(/C=C/c2ccc(O)c(C=O)c2)cn1. The maximum absolute atomic E-state index is 10.7. The van der Waals surface area contributed by atoms with Crippen LogP contribution in [-0.4, -0.2) is 16.4 Å². The zero-order valence-corrected chi connectivity index (χ0v) is 10.00. The van der Waals surface area contributed by atoms with Crippen LogP contribution in [-0.2, 0) is 0 Å². The van der Waals surface area contributed by atoms with Gasteiger partial charge in [0.25, 0.3) is 0 Å². The van der Waals surface area contributed by atoms with Crippen molar-refractivity contribution in [2.45, 2.75) is 6.92 Å². The molecule has 3 heteroatoms. The molecule has 0 aliphatic heterocycles. The number of rotatable bonds is 3. The minimum atomic E-state index is -0.000785. The maximum atomic E-state index is 10.7. The van der Waals surface area contributed by atoms with E-state index in [1.54, 1.807) is 18.3 Å². The van der Waals surface area contributed by atoms with Crippen LogP contribution < -0.4 is 0 Å². The smallest absolute Gasteiger partial charge is 0.153 e. The number of benzene rings is 1. The van der Waals surface area contributed by atoms with E-state index < -0.39 is 0 Å². The van der Waals surface area contributed by atoms with Gasteiger partial charge < -0.3 is 5.11 Å². The molecule has 0 saturated heterocycles. The summed E-state index contributed by atoms with van der Waals surface area (Å²) in [7, 11) is 0. The number of pyridine rings is 1. The van der Waals surface area contributed by atoms with Gasteiger partial charge in [0.05, 0.1) is 5.56 Å². The highest BCUT2D eigenvalue weighted by Crippen LogP contribution is 2.18. The topological polar surface area (TPSA) is 50.2 Å². The second-order valence-corrected chi connectivity index (χ2v) is 4.00. The Balaban J connectivity index is 2.23. The van der Waals surface area contributed by atoms with E-state index in [0.29, 0.717) is 11.8 Å². The van der Waals surface area contributed by atoms with E-state index in [-0.39, 0.29) is 5.75 Å². The van der Waals surface area contributed by atoms with Gasteiger partial charge in [-0.25, -0.2) is 0 Å². The number of aromatic nitrogens is 1. The van der Waals surface area contributed by atoms with Crippen LogP contribution in [0, 0.1) is 6.92 Å². The average molecular weight is 239 g/mol. The molecule has 0 atom stereocenters. The summed E-state index contributed by atoms with van der Waals surface area (Å²) in [4.78, 5) is 14.9. The Morgan fingerprint density at radius 2 is 1.83 bits per heavy atom. The second-order valence-electron chi connectivity index (χ2n) is 4.00. The minimum absolute atomic E-state index is 0.000785. The zero-order chi connectivity index (χ0) is 13.0. The second kappa shape index (κ2) is 5.27. The molecule has 0 spiro atoms. The summed E-state index contributed by atoms with van der Waals surface area (Å²) in [5.41, 5.74) is 3.11. The van der Waals surface area contributed by atoms with Crippen LogP contribution in [0.4, 0.5) is 0 Å². The Hall–Kier alpha value is -2.42. The van der Waals surface area contributed by atoms with Crippen LogP contribution in [0.2, 0.25) is 0 Å². The lowest BCUT2D eigenvalue weighted by Gasteiger charge is -1.99. The van der Waals surface area contributed by atoms with Gasteiger partial charge in [0.15, 0.2) is 6.29 Å². The maximum Gasteiger partial charge on any atom is 0.153 e. The highest BCUT2D eigenvalue weighted by atomic mass is 16.3. The fraction of sp³-hybridized carbons (Fsp3) is 0.0667. The van der Waals surface area contributed by atoms with Crippen LogP contribution in [0.25, 0.3) is 12.2 Å². The van der Waals surface area contributed by atoms with E-state index in [1.165, 1.54) is 6.07 Å². The number of hydrogen-bond donors (Lipinski definition) is 1. The lowest BCUT2D eigenvalue weighted by Crippen LogP contribution is -1.83. The number of aromatic hydroxyl groups is 1. The molecule has 0 unspecified atom stereocenters. The summed E-state index contributed by atoms with van der Waals surface area (Å²) >= 11 is 0. The Morgan fingerprint density at radius 1 is 1.11 bits per heavy atom. The molecule has 2 aromatic rings. The van der Waals surface area contributed by atoms with Crippen molar-refractivity contribution in [3.05, 3.63) is 58.9 Å². The Morgan fingerprint density at radius 3 is 2.50 bits per heavy atom. The quantitative estimate of drug-likeness (QED) is 0.837. The molecule has 1 heterocycles. The minimum Gasteiger partial charge on any atom is -0.507 e. The van der Waals surface area contributed by atoms with E-state index in [1.807, 2.05) is 31.2 Å². The highest BCUT2D eigenvalue weighted by molar-refractivity contribution is 5.81. The third-order valence-electron chi connectivity index (χ3n) is 2.58. The van der Waals surface area contributed by atoms with Crippen molar-refractivity contribution in [2.24, 2.45) is 0 Å². The molecule has 2 rings (SSSR count). The number of aryl methyl sites for hydroxylation is 1. The van der Waals surface area contributed by atoms with Gasteiger partial charge in [-0.1, -0.05) is 24.3 Å². The van der Waals surface area contributed by atoms with Crippen LogP contribution in [0.15, 0.2) is 36.5 Å². The summed E-state index contributed by atoms with van der Waals surface area (Å²) in [6.45, 7) is 1.93. The zero-order valence-electron chi connectivity index (χ0n) is 10.00. The first-order chi connectivity index (χ1) is 8.69. The van der Waals surface area contributed by atoms with Gasteiger partial charge in [0.2, 0.25) is 0 Å². The highest BCUT2D eigenvalue weighted by Gasteiger charge is 1.99. The van der Waals surface area contributed by atoms with Gasteiger partial charge >= 0.3 is 0 Å². The summed E-state index contributed by atoms with van der Waals surface area (Å²) in [6, 6.07) is 8.81. The number of phenols is 1. The summed E-state index contributed by atoms with van der Waals surface area (Å²) in [6.07, 6.45) is 6.21. The van der Waals surface area contributed by atoms with Gasteiger partial charge in [0.1, 0.15) is 5.75 Å². The van der Waals surface area contributed by atoms with E-state index in [0.717, 1.165) is 16.8 Å². The van der Waals surface area contributed by atoms with E-state index in [9.17, 15) is 9.90 Å². The third-order valence-corrected chi connectivity index (χ3v) is 2.58. The fourth-order valence-corrected chi connectivity index (χ4v) is 1.54. The number of hydrogen-bond acceptors (Lipinski definition) is 3. The Kier molecular flexibility index (Phi) is 3.53. The number of nitrogens with zero attached hydrogens (tertiary/aromatic N) is 1. The largest absolute Gasteiger partial charge is 0.507 e. The molecule has 0 bridgehead atoms. The molecule has 90 valence electrons. The molecule has 0 amide bonds. The predicted octanol–water partition coefficient (Wildman–Crippen LogP) is 3.08. The molecule has 3 nitrogen and oxygen atoms in total. The van der Waals surface area contributed by atoms with Crippen molar-refractivity contribution in [3.63, 3.8) is 0 Å². The van der Waals surface area contributed by atoms with Crippen molar-refractivity contribution in [1.29, 1.82) is 0 Å². The number of phenolic OH excluding ortho intramolecular Hbond substituents is 1. The lowest BCUT2D eigenvalue weighted by molar-refractivity contribution is 0.112. The number of carbonyl (C=O) groups is 1. The normalized spacial score (nSPS) is 10.7. The van der Waals surface area contributed by atoms with Crippen molar-refractivity contribution in [2.75, 3.05) is 0 Å². The van der Waals surface area contributed by atoms with Crippen LogP contribution in [0.1, 0.15) is 27.2 Å². The fourth-order valence-electron chi connectivity index (χ4n) is 1.54. The molecule has 0 aliphatic carbocycles. The third kappa shape index (κ3) is 2.83. The van der Waals surface area contributed by atoms with Crippen LogP contribution in [0.5, 0.6) is 5.75 Å². The van der Waals surface area contributed by atoms with Crippen molar-refractivity contribution < 1.29 is 9.90 Å². The molecule has 1 N–H and O–H groups in total. The number of carbonyl (C=O) groups excluding carboxylic acids is 1. The van der Waals surface area contributed by atoms with Gasteiger partial charge in [-0.2, -0.15) is 0 Å². The molecule has 0 aliphatic rings. The summed E-state index contributed by atoms with van der Waals surface area (Å²) in [5.74, 6) is -0.000785. The number of aldehydes is 1. The average Bonchev–Trinajstić information content (AvgIpc) is 2.39. The summed E-state index contributed by atoms with van der Waals surface area (Å²) < 4.78 is 0. The predicted molar refractivity (Wildman–Crippen MR) is 71.4 cm³/mol. The lowest BCUT2D eigenvalue weighted by atomic mass is 10.1. The molecule has 0 fully saturated rings. The van der Waals surface area contributed by atoms with Gasteiger partial charge in [-0.3, -0.25) is 9.78 Å². The standard InChI is InChI=1S/C15H13NO2/c1-11-2-3-13(9-16-11)5-4-12-6-7-15(18)14(8-12)10-17/h2-10,18H,1H3/b5-4+. The molecular formula is C15H13NO2. The van der Waals surface area contributed by atoms with Gasteiger partial charge in [-0.15, -0.1) is 0 Å². The van der Waals surface area contributed by atoms with E-state index in [2.05, 4.69) is 4.98 Å². The first-order valence-corrected chi connectivity index (χ1v) is 5.58. The molecule has 0 saturated carbocycles. The first kappa shape index (κ1) is 12.0. The molecule has 0 radical (unpaired) electrons. The first-order valence-electron chi connectivity index (χ1n) is 5.58. The van der Waals surface area contributed by atoms with E-state index >= 15 is 0 Å². The molecule has 1 aromatic carbocycles. The molecule has 18 heavy (non-hydrogen) atoms. The molecule has 1 aromatic heterocycles. The van der Waals surface area contributed by atoms with Crippen molar-refractivity contribution in [1.82, 2.24) is 4.98 Å². The Labute approximate surface area is 105 Å².